The van der Waals surface area contributed by atoms with Gasteiger partial charge in [-0.05, 0) is 5.56 Å². The van der Waals surface area contributed by atoms with E-state index in [1.54, 1.807) is 0 Å². The summed E-state index contributed by atoms with van der Waals surface area (Å²) in [5.41, 5.74) is 9.02. The van der Waals surface area contributed by atoms with Crippen LogP contribution in [0.2, 0.25) is 0 Å². The number of thioether (sulfide) groups is 1. The predicted molar refractivity (Wildman–Crippen MR) is 78.3 cm³/mol. The first kappa shape index (κ1) is 12.2. The number of nitrogens with two attached hydrogens (primary N) is 1. The Bertz CT molecular complexity index is 488. The molecule has 0 aliphatic heterocycles. The molecule has 17 heavy (non-hydrogen) atoms. The summed E-state index contributed by atoms with van der Waals surface area (Å²) < 4.78 is 0. The predicted octanol–water partition coefficient (Wildman–Crippen LogP) is 3.81. The lowest BCUT2D eigenvalue weighted by Crippen LogP contribution is -1.85. The highest BCUT2D eigenvalue weighted by molar-refractivity contribution is 7.98. The molecule has 0 atom stereocenters. The molecule has 0 fully saturated rings. The molecule has 0 radical (unpaired) electrons. The van der Waals surface area contributed by atoms with Crippen molar-refractivity contribution in [1.29, 1.82) is 0 Å². The Balaban J connectivity index is 2.05. The maximum absolute atomic E-state index is 5.62. The van der Waals surface area contributed by atoms with E-state index in [9.17, 15) is 0 Å². The van der Waals surface area contributed by atoms with Crippen LogP contribution in [-0.4, -0.2) is 10.7 Å². The number of hydrogen-bond acceptors (Lipinski definition) is 4. The normalized spacial score (nSPS) is 10.4. The minimum atomic E-state index is 0.616. The summed E-state index contributed by atoms with van der Waals surface area (Å²) in [4.78, 5) is 4.26. The first-order valence-corrected chi connectivity index (χ1v) is 7.32. The number of benzene rings is 1. The van der Waals surface area contributed by atoms with Crippen LogP contribution in [0.3, 0.4) is 0 Å². The van der Waals surface area contributed by atoms with Crippen LogP contribution >= 0.6 is 23.1 Å². The molecule has 1 aromatic heterocycles. The van der Waals surface area contributed by atoms with Gasteiger partial charge in [-0.15, -0.1) is 17.9 Å². The van der Waals surface area contributed by atoms with Crippen molar-refractivity contribution in [3.63, 3.8) is 0 Å². The van der Waals surface area contributed by atoms with Crippen molar-refractivity contribution >= 4 is 28.2 Å². The van der Waals surface area contributed by atoms with Gasteiger partial charge in [0.2, 0.25) is 0 Å². The molecule has 0 spiro atoms. The second-order valence-electron chi connectivity index (χ2n) is 3.57. The third-order valence-corrected chi connectivity index (χ3v) is 3.96. The molecule has 0 saturated carbocycles. The van der Waals surface area contributed by atoms with Crippen molar-refractivity contribution in [3.05, 3.63) is 47.9 Å². The standard InChI is InChI=1S/C13H14N2S2/c1-2-7-16-8-10-3-5-11(6-4-10)12-9-17-13(14)15-12/h2-6,9H,1,7-8H2,(H2,14,15). The lowest BCUT2D eigenvalue weighted by molar-refractivity contribution is 1.38. The van der Waals surface area contributed by atoms with Crippen LogP contribution in [0.5, 0.6) is 0 Å². The molecule has 0 amide bonds. The van der Waals surface area contributed by atoms with Crippen molar-refractivity contribution in [3.8, 4) is 11.3 Å². The van der Waals surface area contributed by atoms with Gasteiger partial charge < -0.3 is 5.73 Å². The lowest BCUT2D eigenvalue weighted by Gasteiger charge is -2.01. The van der Waals surface area contributed by atoms with Gasteiger partial charge in [0.15, 0.2) is 5.13 Å². The van der Waals surface area contributed by atoms with Crippen molar-refractivity contribution in [2.24, 2.45) is 0 Å². The van der Waals surface area contributed by atoms with E-state index >= 15 is 0 Å². The SMILES string of the molecule is C=CCSCc1ccc(-c2csc(N)n2)cc1. The van der Waals surface area contributed by atoms with Crippen LogP contribution in [0.25, 0.3) is 11.3 Å². The number of anilines is 1. The van der Waals surface area contributed by atoms with E-state index in [4.69, 9.17) is 5.73 Å². The summed E-state index contributed by atoms with van der Waals surface area (Å²) in [6.45, 7) is 3.71. The summed E-state index contributed by atoms with van der Waals surface area (Å²) in [6.07, 6.45) is 1.93. The Morgan fingerprint density at radius 3 is 2.71 bits per heavy atom. The zero-order valence-corrected chi connectivity index (χ0v) is 11.1. The van der Waals surface area contributed by atoms with E-state index < -0.39 is 0 Å². The largest absolute Gasteiger partial charge is 0.375 e. The molecule has 2 N–H and O–H groups in total. The van der Waals surface area contributed by atoms with Crippen LogP contribution < -0.4 is 5.73 Å². The van der Waals surface area contributed by atoms with Gasteiger partial charge in [-0.2, -0.15) is 11.8 Å². The number of nitrogen functional groups attached to an aromatic ring is 1. The van der Waals surface area contributed by atoms with Crippen molar-refractivity contribution in [1.82, 2.24) is 4.98 Å². The quantitative estimate of drug-likeness (QED) is 0.658. The maximum Gasteiger partial charge on any atom is 0.180 e. The Kier molecular flexibility index (Phi) is 4.23. The zero-order chi connectivity index (χ0) is 12.1. The molecular weight excluding hydrogens is 248 g/mol. The molecule has 2 rings (SSSR count). The highest BCUT2D eigenvalue weighted by Gasteiger charge is 2.02. The van der Waals surface area contributed by atoms with E-state index in [1.165, 1.54) is 16.9 Å². The van der Waals surface area contributed by atoms with E-state index in [-0.39, 0.29) is 0 Å². The van der Waals surface area contributed by atoms with Crippen LogP contribution in [0, 0.1) is 0 Å². The van der Waals surface area contributed by atoms with Gasteiger partial charge in [0, 0.05) is 22.4 Å². The van der Waals surface area contributed by atoms with Crippen LogP contribution in [0.15, 0.2) is 42.3 Å². The lowest BCUT2D eigenvalue weighted by atomic mass is 10.1. The molecule has 4 heteroatoms. The number of rotatable bonds is 5. The first-order valence-electron chi connectivity index (χ1n) is 5.28. The molecule has 0 unspecified atom stereocenters. The summed E-state index contributed by atoms with van der Waals surface area (Å²) in [6, 6.07) is 8.47. The molecule has 1 aromatic carbocycles. The van der Waals surface area contributed by atoms with Crippen molar-refractivity contribution < 1.29 is 0 Å². The monoisotopic (exact) mass is 262 g/mol. The third-order valence-electron chi connectivity index (χ3n) is 2.28. The Hall–Kier alpha value is -1.26. The maximum atomic E-state index is 5.62. The molecule has 0 saturated heterocycles. The van der Waals surface area contributed by atoms with Gasteiger partial charge in [0.05, 0.1) is 5.69 Å². The fraction of sp³-hybridized carbons (Fsp3) is 0.154. The summed E-state index contributed by atoms with van der Waals surface area (Å²) in [5.74, 6) is 2.01. The second kappa shape index (κ2) is 5.89. The minimum Gasteiger partial charge on any atom is -0.375 e. The average Bonchev–Trinajstić information content (AvgIpc) is 2.77. The Morgan fingerprint density at radius 1 is 1.35 bits per heavy atom. The van der Waals surface area contributed by atoms with Gasteiger partial charge in [-0.25, -0.2) is 4.98 Å². The molecule has 2 nitrogen and oxygen atoms in total. The van der Waals surface area contributed by atoms with Gasteiger partial charge in [0.1, 0.15) is 0 Å². The topological polar surface area (TPSA) is 38.9 Å². The number of thiazole rings is 1. The summed E-state index contributed by atoms with van der Waals surface area (Å²) >= 11 is 3.33. The molecule has 88 valence electrons. The summed E-state index contributed by atoms with van der Waals surface area (Å²) in [5, 5.41) is 2.60. The zero-order valence-electron chi connectivity index (χ0n) is 9.43. The van der Waals surface area contributed by atoms with E-state index in [0.29, 0.717) is 5.13 Å². The number of nitrogens with zero attached hydrogens (tertiary/aromatic N) is 1. The minimum absolute atomic E-state index is 0.616. The van der Waals surface area contributed by atoms with Crippen LogP contribution in [0.1, 0.15) is 5.56 Å². The first-order chi connectivity index (χ1) is 8.29. The van der Waals surface area contributed by atoms with E-state index in [0.717, 1.165) is 22.8 Å². The average molecular weight is 262 g/mol. The van der Waals surface area contributed by atoms with Crippen LogP contribution in [0.4, 0.5) is 5.13 Å². The fourth-order valence-corrected chi connectivity index (χ4v) is 2.74. The Morgan fingerprint density at radius 2 is 2.12 bits per heavy atom. The fourth-order valence-electron chi connectivity index (χ4n) is 1.45. The van der Waals surface area contributed by atoms with Gasteiger partial charge in [0.25, 0.3) is 0 Å². The highest BCUT2D eigenvalue weighted by Crippen LogP contribution is 2.24. The third kappa shape index (κ3) is 3.35. The molecule has 0 bridgehead atoms. The van der Waals surface area contributed by atoms with Crippen molar-refractivity contribution in [2.75, 3.05) is 11.5 Å². The van der Waals surface area contributed by atoms with E-state index in [2.05, 4.69) is 35.8 Å². The highest BCUT2D eigenvalue weighted by atomic mass is 32.2. The number of hydrogen-bond donors (Lipinski definition) is 1. The van der Waals surface area contributed by atoms with Gasteiger partial charge in [-0.3, -0.25) is 0 Å². The van der Waals surface area contributed by atoms with Crippen molar-refractivity contribution in [2.45, 2.75) is 5.75 Å². The molecule has 1 heterocycles. The number of aromatic nitrogens is 1. The smallest absolute Gasteiger partial charge is 0.180 e. The van der Waals surface area contributed by atoms with Gasteiger partial charge in [-0.1, -0.05) is 30.3 Å². The molecule has 0 aliphatic rings. The molecule has 0 aliphatic carbocycles. The van der Waals surface area contributed by atoms with Crippen LogP contribution in [-0.2, 0) is 5.75 Å². The second-order valence-corrected chi connectivity index (χ2v) is 5.49. The molecular formula is C13H14N2S2. The molecule has 2 aromatic rings. The summed E-state index contributed by atoms with van der Waals surface area (Å²) in [7, 11) is 0. The van der Waals surface area contributed by atoms with E-state index in [1.807, 2.05) is 23.2 Å². The Labute approximate surface area is 110 Å². The van der Waals surface area contributed by atoms with Gasteiger partial charge >= 0.3 is 0 Å².